The minimum Gasteiger partial charge on any atom is -0.396 e. The highest BCUT2D eigenvalue weighted by atomic mass is 35.5. The topological polar surface area (TPSA) is 59.2 Å². The number of anilines is 1. The van der Waals surface area contributed by atoms with Crippen LogP contribution in [-0.4, -0.2) is 22.8 Å². The number of aromatic nitrogens is 1. The van der Waals surface area contributed by atoms with Crippen molar-refractivity contribution >= 4 is 46.1 Å². The number of amides is 1. The van der Waals surface area contributed by atoms with Crippen molar-refractivity contribution in [1.29, 1.82) is 0 Å². The lowest BCUT2D eigenvalue weighted by atomic mass is 10.2. The van der Waals surface area contributed by atoms with Crippen molar-refractivity contribution in [3.8, 4) is 0 Å². The predicted molar refractivity (Wildman–Crippen MR) is 83.5 cm³/mol. The van der Waals surface area contributed by atoms with Crippen LogP contribution in [0.4, 0.5) is 5.69 Å². The third-order valence-electron chi connectivity index (χ3n) is 2.74. The third-order valence-corrected chi connectivity index (χ3v) is 4.19. The van der Waals surface area contributed by atoms with Gasteiger partial charge >= 0.3 is 0 Å². The molecule has 2 rings (SSSR count). The van der Waals surface area contributed by atoms with Gasteiger partial charge < -0.3 is 10.6 Å². The highest BCUT2D eigenvalue weighted by molar-refractivity contribution is 7.09. The van der Waals surface area contributed by atoms with Crippen molar-refractivity contribution in [3.05, 3.63) is 43.8 Å². The first kappa shape index (κ1) is 15.1. The molecule has 0 aliphatic carbocycles. The Labute approximate surface area is 131 Å². The molecule has 2 aromatic rings. The highest BCUT2D eigenvalue weighted by Gasteiger charge is 2.16. The quantitative estimate of drug-likeness (QED) is 0.875. The van der Waals surface area contributed by atoms with E-state index >= 15 is 0 Å². The van der Waals surface area contributed by atoms with Gasteiger partial charge in [0.1, 0.15) is 0 Å². The minimum atomic E-state index is -0.181. The first-order valence-corrected chi connectivity index (χ1v) is 7.43. The normalized spacial score (nSPS) is 10.6. The Morgan fingerprint density at radius 1 is 1.40 bits per heavy atom. The van der Waals surface area contributed by atoms with E-state index < -0.39 is 0 Å². The average Bonchev–Trinajstić information content (AvgIpc) is 2.79. The summed E-state index contributed by atoms with van der Waals surface area (Å²) in [6.45, 7) is 2.36. The summed E-state index contributed by atoms with van der Waals surface area (Å²) < 4.78 is 0. The molecular weight excluding hydrogens is 317 g/mol. The average molecular weight is 330 g/mol. The van der Waals surface area contributed by atoms with Crippen LogP contribution in [0.15, 0.2) is 17.5 Å². The number of carbonyl (C=O) groups is 1. The smallest absolute Gasteiger partial charge is 0.254 e. The molecule has 0 saturated carbocycles. The molecule has 1 aromatic heterocycles. The molecule has 0 aliphatic heterocycles. The van der Waals surface area contributed by atoms with E-state index in [1.165, 1.54) is 12.1 Å². The van der Waals surface area contributed by atoms with E-state index in [0.29, 0.717) is 12.1 Å². The number of nitrogen functional groups attached to an aromatic ring is 1. The van der Waals surface area contributed by atoms with E-state index in [0.717, 1.165) is 10.7 Å². The van der Waals surface area contributed by atoms with E-state index in [4.69, 9.17) is 28.9 Å². The van der Waals surface area contributed by atoms with Crippen LogP contribution in [0, 0.1) is 6.92 Å². The van der Waals surface area contributed by atoms with Gasteiger partial charge in [0.25, 0.3) is 5.91 Å². The van der Waals surface area contributed by atoms with E-state index in [-0.39, 0.29) is 21.6 Å². The number of hydrogen-bond donors (Lipinski definition) is 1. The summed E-state index contributed by atoms with van der Waals surface area (Å²) in [6.07, 6.45) is 0. The Morgan fingerprint density at radius 3 is 2.50 bits per heavy atom. The summed E-state index contributed by atoms with van der Waals surface area (Å²) in [6, 6.07) is 3.04. The molecule has 0 unspecified atom stereocenters. The zero-order valence-corrected chi connectivity index (χ0v) is 13.3. The van der Waals surface area contributed by atoms with E-state index in [2.05, 4.69) is 4.98 Å². The Morgan fingerprint density at radius 2 is 2.00 bits per heavy atom. The zero-order valence-electron chi connectivity index (χ0n) is 11.0. The molecule has 0 atom stereocenters. The maximum absolute atomic E-state index is 12.3. The van der Waals surface area contributed by atoms with Crippen LogP contribution in [-0.2, 0) is 6.54 Å². The van der Waals surface area contributed by atoms with Crippen LogP contribution in [0.1, 0.15) is 21.1 Å². The number of nitrogens with zero attached hydrogens (tertiary/aromatic N) is 2. The lowest BCUT2D eigenvalue weighted by Gasteiger charge is -2.16. The standard InChI is InChI=1S/C13H13Cl2N3OS/c1-7-17-9(6-20-7)5-18(2)13(19)8-3-10(14)12(16)11(15)4-8/h3-4,6H,5,16H2,1-2H3. The molecule has 106 valence electrons. The van der Waals surface area contributed by atoms with Crippen LogP contribution in [0.3, 0.4) is 0 Å². The lowest BCUT2D eigenvalue weighted by molar-refractivity contribution is 0.0783. The van der Waals surface area contributed by atoms with Gasteiger partial charge in [0.2, 0.25) is 0 Å². The molecule has 4 nitrogen and oxygen atoms in total. The van der Waals surface area contributed by atoms with Crippen LogP contribution in [0.25, 0.3) is 0 Å². The lowest BCUT2D eigenvalue weighted by Crippen LogP contribution is -2.26. The van der Waals surface area contributed by atoms with Gasteiger partial charge in [-0.05, 0) is 19.1 Å². The van der Waals surface area contributed by atoms with Crippen molar-refractivity contribution in [2.45, 2.75) is 13.5 Å². The second kappa shape index (κ2) is 5.99. The fourth-order valence-corrected chi connectivity index (χ4v) is 2.81. The molecule has 20 heavy (non-hydrogen) atoms. The van der Waals surface area contributed by atoms with Crippen LogP contribution in [0.2, 0.25) is 10.0 Å². The molecule has 0 saturated heterocycles. The number of aryl methyl sites for hydroxylation is 1. The van der Waals surface area contributed by atoms with Crippen molar-refractivity contribution in [3.63, 3.8) is 0 Å². The summed E-state index contributed by atoms with van der Waals surface area (Å²) in [4.78, 5) is 18.2. The largest absolute Gasteiger partial charge is 0.396 e. The number of hydrogen-bond acceptors (Lipinski definition) is 4. The Hall–Kier alpha value is -1.30. The number of thiazole rings is 1. The molecule has 0 radical (unpaired) electrons. The van der Waals surface area contributed by atoms with Crippen LogP contribution >= 0.6 is 34.5 Å². The third kappa shape index (κ3) is 3.23. The molecule has 1 heterocycles. The highest BCUT2D eigenvalue weighted by Crippen LogP contribution is 2.29. The van der Waals surface area contributed by atoms with Gasteiger partial charge in [-0.1, -0.05) is 23.2 Å². The van der Waals surface area contributed by atoms with Crippen LogP contribution < -0.4 is 5.73 Å². The number of rotatable bonds is 3. The van der Waals surface area contributed by atoms with Gasteiger partial charge in [-0.3, -0.25) is 4.79 Å². The van der Waals surface area contributed by atoms with Crippen LogP contribution in [0.5, 0.6) is 0 Å². The van der Waals surface area contributed by atoms with E-state index in [9.17, 15) is 4.79 Å². The second-order valence-corrected chi connectivity index (χ2v) is 6.25. The van der Waals surface area contributed by atoms with Gasteiger partial charge in [0.05, 0.1) is 33.0 Å². The second-order valence-electron chi connectivity index (χ2n) is 4.37. The van der Waals surface area contributed by atoms with Crippen molar-refractivity contribution in [2.24, 2.45) is 0 Å². The van der Waals surface area contributed by atoms with Gasteiger partial charge in [-0.25, -0.2) is 4.98 Å². The number of benzene rings is 1. The Balaban J connectivity index is 2.18. The maximum Gasteiger partial charge on any atom is 0.254 e. The zero-order chi connectivity index (χ0) is 14.9. The Bertz CT molecular complexity index is 634. The molecule has 0 aliphatic rings. The molecule has 0 fully saturated rings. The van der Waals surface area contributed by atoms with Gasteiger partial charge in [-0.15, -0.1) is 11.3 Å². The molecule has 0 spiro atoms. The summed E-state index contributed by atoms with van der Waals surface area (Å²) in [7, 11) is 1.70. The SMILES string of the molecule is Cc1nc(CN(C)C(=O)c2cc(Cl)c(N)c(Cl)c2)cs1. The first-order valence-electron chi connectivity index (χ1n) is 5.79. The van der Waals surface area contributed by atoms with Gasteiger partial charge in [0.15, 0.2) is 0 Å². The molecule has 2 N–H and O–H groups in total. The molecular formula is C13H13Cl2N3OS. The summed E-state index contributed by atoms with van der Waals surface area (Å²) >= 11 is 13.4. The van der Waals surface area contributed by atoms with Crippen molar-refractivity contribution in [1.82, 2.24) is 9.88 Å². The summed E-state index contributed by atoms with van der Waals surface area (Å²) in [5.41, 5.74) is 7.20. The molecule has 1 amide bonds. The van der Waals surface area contributed by atoms with Crippen molar-refractivity contribution < 1.29 is 4.79 Å². The molecule has 7 heteroatoms. The van der Waals surface area contributed by atoms with E-state index in [1.807, 2.05) is 12.3 Å². The van der Waals surface area contributed by atoms with Gasteiger partial charge in [0, 0.05) is 18.0 Å². The molecule has 0 bridgehead atoms. The Kier molecular flexibility index (Phi) is 4.52. The maximum atomic E-state index is 12.3. The number of halogens is 2. The number of carbonyl (C=O) groups excluding carboxylic acids is 1. The van der Waals surface area contributed by atoms with Crippen molar-refractivity contribution in [2.75, 3.05) is 12.8 Å². The first-order chi connectivity index (χ1) is 9.38. The minimum absolute atomic E-state index is 0.181. The fraction of sp³-hybridized carbons (Fsp3) is 0.231. The van der Waals surface area contributed by atoms with Gasteiger partial charge in [-0.2, -0.15) is 0 Å². The van der Waals surface area contributed by atoms with E-state index in [1.54, 1.807) is 23.3 Å². The summed E-state index contributed by atoms with van der Waals surface area (Å²) in [5.74, 6) is -0.181. The summed E-state index contributed by atoms with van der Waals surface area (Å²) in [5, 5.41) is 3.46. The fourth-order valence-electron chi connectivity index (χ4n) is 1.72. The predicted octanol–water partition coefficient (Wildman–Crippen LogP) is 3.61. The monoisotopic (exact) mass is 329 g/mol. The number of nitrogens with two attached hydrogens (primary N) is 1. The molecule has 1 aromatic carbocycles.